The lowest BCUT2D eigenvalue weighted by Crippen LogP contribution is -1.95. The molecule has 24 heavy (non-hydrogen) atoms. The van der Waals surface area contributed by atoms with Crippen molar-refractivity contribution in [1.29, 1.82) is 0 Å². The van der Waals surface area contributed by atoms with Crippen LogP contribution < -0.4 is 4.74 Å². The number of rotatable bonds is 9. The van der Waals surface area contributed by atoms with Gasteiger partial charge < -0.3 is 14.9 Å². The van der Waals surface area contributed by atoms with Crippen LogP contribution in [0.5, 0.6) is 5.75 Å². The molecule has 0 heterocycles. The summed E-state index contributed by atoms with van der Waals surface area (Å²) < 4.78 is 5.36. The zero-order chi connectivity index (χ0) is 17.9. The van der Waals surface area contributed by atoms with E-state index < -0.39 is 5.97 Å². The summed E-state index contributed by atoms with van der Waals surface area (Å²) in [5, 5.41) is 18.2. The third-order valence-corrected chi connectivity index (χ3v) is 3.55. The molecule has 0 radical (unpaired) electrons. The van der Waals surface area contributed by atoms with Crippen LogP contribution in [-0.2, 0) is 11.2 Å². The molecule has 4 heteroatoms. The number of aliphatic hydroxyl groups excluding tert-OH is 1. The first-order valence-electron chi connectivity index (χ1n) is 7.96. The predicted octanol–water partition coefficient (Wildman–Crippen LogP) is 4.00. The van der Waals surface area contributed by atoms with Gasteiger partial charge in [0.2, 0.25) is 0 Å². The lowest BCUT2D eigenvalue weighted by molar-refractivity contribution is -0.131. The van der Waals surface area contributed by atoms with Gasteiger partial charge in [-0.1, -0.05) is 23.8 Å². The molecule has 0 aliphatic carbocycles. The van der Waals surface area contributed by atoms with Crippen molar-refractivity contribution in [1.82, 2.24) is 0 Å². The quantitative estimate of drug-likeness (QED) is 0.530. The van der Waals surface area contributed by atoms with Gasteiger partial charge in [0.25, 0.3) is 0 Å². The first-order chi connectivity index (χ1) is 11.5. The van der Waals surface area contributed by atoms with Gasteiger partial charge in [0.15, 0.2) is 0 Å². The molecule has 130 valence electrons. The van der Waals surface area contributed by atoms with Crippen LogP contribution in [0.1, 0.15) is 37.8 Å². The zero-order valence-electron chi connectivity index (χ0n) is 14.6. The predicted molar refractivity (Wildman–Crippen MR) is 97.2 cm³/mol. The Morgan fingerprint density at radius 1 is 1.25 bits per heavy atom. The highest BCUT2D eigenvalue weighted by Crippen LogP contribution is 2.22. The maximum Gasteiger partial charge on any atom is 0.328 e. The number of ether oxygens (including phenoxy) is 1. The normalized spacial score (nSPS) is 11.6. The van der Waals surface area contributed by atoms with E-state index in [-0.39, 0.29) is 6.61 Å². The molecule has 2 N–H and O–H groups in total. The molecule has 1 aromatic carbocycles. The molecule has 0 saturated heterocycles. The molecule has 1 aromatic rings. The number of methoxy groups -OCH3 is 1. The Labute approximate surface area is 143 Å². The second-order valence-corrected chi connectivity index (χ2v) is 5.79. The average molecular weight is 330 g/mol. The number of hydrogen-bond donors (Lipinski definition) is 2. The Morgan fingerprint density at radius 3 is 2.58 bits per heavy atom. The highest BCUT2D eigenvalue weighted by molar-refractivity contribution is 5.85. The van der Waals surface area contributed by atoms with E-state index >= 15 is 0 Å². The SMILES string of the molecule is COc1ccc(C=CC(=O)O)cc1CC=C(CO)CCC=C(C)C. The molecule has 0 saturated carbocycles. The summed E-state index contributed by atoms with van der Waals surface area (Å²) in [6.07, 6.45) is 9.19. The summed E-state index contributed by atoms with van der Waals surface area (Å²) in [5.74, 6) is -0.227. The highest BCUT2D eigenvalue weighted by atomic mass is 16.5. The minimum absolute atomic E-state index is 0.0392. The standard InChI is InChI=1S/C20H26O4/c1-15(2)5-4-6-17(14-21)7-10-18-13-16(9-12-20(22)23)8-11-19(18)24-3/h5,7-9,11-13,21H,4,6,10,14H2,1-3H3,(H,22,23). The van der Waals surface area contributed by atoms with E-state index in [0.717, 1.165) is 41.4 Å². The largest absolute Gasteiger partial charge is 0.496 e. The van der Waals surface area contributed by atoms with Gasteiger partial charge in [0.1, 0.15) is 5.75 Å². The van der Waals surface area contributed by atoms with Crippen molar-refractivity contribution in [3.8, 4) is 5.75 Å². The molecule has 0 spiro atoms. The molecule has 0 unspecified atom stereocenters. The van der Waals surface area contributed by atoms with Crippen LogP contribution in [0.15, 0.2) is 47.6 Å². The van der Waals surface area contributed by atoms with Crippen LogP contribution >= 0.6 is 0 Å². The van der Waals surface area contributed by atoms with Gasteiger partial charge in [0.05, 0.1) is 13.7 Å². The lowest BCUT2D eigenvalue weighted by Gasteiger charge is -2.09. The van der Waals surface area contributed by atoms with Crippen LogP contribution in [-0.4, -0.2) is 29.9 Å². The van der Waals surface area contributed by atoms with E-state index in [1.54, 1.807) is 13.2 Å². The summed E-state index contributed by atoms with van der Waals surface area (Å²) >= 11 is 0. The van der Waals surface area contributed by atoms with Crippen molar-refractivity contribution in [3.05, 3.63) is 58.7 Å². The van der Waals surface area contributed by atoms with E-state index in [1.807, 2.05) is 24.3 Å². The van der Waals surface area contributed by atoms with Crippen molar-refractivity contribution < 1.29 is 19.7 Å². The van der Waals surface area contributed by atoms with Crippen molar-refractivity contribution >= 4 is 12.0 Å². The molecular weight excluding hydrogens is 304 g/mol. The number of carboxylic acids is 1. The van der Waals surface area contributed by atoms with E-state index in [9.17, 15) is 9.90 Å². The van der Waals surface area contributed by atoms with Gasteiger partial charge in [-0.2, -0.15) is 0 Å². The Bertz CT molecular complexity index is 635. The van der Waals surface area contributed by atoms with Gasteiger partial charge >= 0.3 is 5.97 Å². The highest BCUT2D eigenvalue weighted by Gasteiger charge is 2.04. The number of benzene rings is 1. The van der Waals surface area contributed by atoms with Crippen molar-refractivity contribution in [2.45, 2.75) is 33.1 Å². The van der Waals surface area contributed by atoms with E-state index in [1.165, 1.54) is 5.57 Å². The first-order valence-corrected chi connectivity index (χ1v) is 7.96. The zero-order valence-corrected chi connectivity index (χ0v) is 14.6. The smallest absolute Gasteiger partial charge is 0.328 e. The molecule has 1 rings (SSSR count). The maximum atomic E-state index is 10.6. The summed E-state index contributed by atoms with van der Waals surface area (Å²) in [6.45, 7) is 4.16. The molecule has 0 amide bonds. The Morgan fingerprint density at radius 2 is 2.00 bits per heavy atom. The lowest BCUT2D eigenvalue weighted by atomic mass is 10.0. The van der Waals surface area contributed by atoms with Gasteiger partial charge in [-0.15, -0.1) is 0 Å². The van der Waals surface area contributed by atoms with Crippen LogP contribution in [0.4, 0.5) is 0 Å². The number of allylic oxidation sites excluding steroid dienone is 3. The van der Waals surface area contributed by atoms with Gasteiger partial charge in [-0.25, -0.2) is 4.79 Å². The molecule has 0 aliphatic heterocycles. The first kappa shape index (κ1) is 19.7. The summed E-state index contributed by atoms with van der Waals surface area (Å²) in [6, 6.07) is 5.54. The monoisotopic (exact) mass is 330 g/mol. The topological polar surface area (TPSA) is 66.8 Å². The minimum atomic E-state index is -0.978. The molecule has 0 aromatic heterocycles. The van der Waals surface area contributed by atoms with Crippen LogP contribution in [0.25, 0.3) is 6.08 Å². The fourth-order valence-corrected chi connectivity index (χ4v) is 2.28. The molecule has 0 atom stereocenters. The fourth-order valence-electron chi connectivity index (χ4n) is 2.28. The maximum absolute atomic E-state index is 10.6. The van der Waals surface area contributed by atoms with Crippen LogP contribution in [0.2, 0.25) is 0 Å². The van der Waals surface area contributed by atoms with Crippen molar-refractivity contribution in [2.24, 2.45) is 0 Å². The number of carboxylic acid groups (broad SMARTS) is 1. The van der Waals surface area contributed by atoms with E-state index in [0.29, 0.717) is 6.42 Å². The Balaban J connectivity index is 2.89. The average Bonchev–Trinajstić information content (AvgIpc) is 2.55. The fraction of sp³-hybridized carbons (Fsp3) is 0.350. The number of aliphatic carboxylic acids is 1. The number of hydrogen-bond acceptors (Lipinski definition) is 3. The van der Waals surface area contributed by atoms with Gasteiger partial charge in [0, 0.05) is 6.08 Å². The summed E-state index contributed by atoms with van der Waals surface area (Å²) in [7, 11) is 1.61. The van der Waals surface area contributed by atoms with Crippen molar-refractivity contribution in [2.75, 3.05) is 13.7 Å². The summed E-state index contributed by atoms with van der Waals surface area (Å²) in [5.41, 5.74) is 4.02. The third-order valence-electron chi connectivity index (χ3n) is 3.55. The molecule has 4 nitrogen and oxygen atoms in total. The van der Waals surface area contributed by atoms with Gasteiger partial charge in [-0.05, 0) is 68.0 Å². The van der Waals surface area contributed by atoms with E-state index in [4.69, 9.17) is 9.84 Å². The molecule has 0 aliphatic rings. The molecular formula is C20H26O4. The van der Waals surface area contributed by atoms with Crippen LogP contribution in [0.3, 0.4) is 0 Å². The van der Waals surface area contributed by atoms with Gasteiger partial charge in [-0.3, -0.25) is 0 Å². The second-order valence-electron chi connectivity index (χ2n) is 5.79. The Kier molecular flexibility index (Phi) is 8.58. The second kappa shape index (κ2) is 10.4. The number of aliphatic hydroxyl groups is 1. The minimum Gasteiger partial charge on any atom is -0.496 e. The molecule has 0 fully saturated rings. The number of carbonyl (C=O) groups is 1. The van der Waals surface area contributed by atoms with Crippen LogP contribution in [0, 0.1) is 0 Å². The Hall–Kier alpha value is -2.33. The summed E-state index contributed by atoms with van der Waals surface area (Å²) in [4.78, 5) is 10.6. The van der Waals surface area contributed by atoms with Crippen molar-refractivity contribution in [3.63, 3.8) is 0 Å². The molecule has 0 bridgehead atoms. The third kappa shape index (κ3) is 7.29. The van der Waals surface area contributed by atoms with E-state index in [2.05, 4.69) is 19.9 Å².